The molecule has 1 aromatic rings. The number of carbonyl (C=O) groups is 1. The zero-order valence-corrected chi connectivity index (χ0v) is 10.4. The third kappa shape index (κ3) is 3.41. The molecule has 1 saturated heterocycles. The number of rotatable bonds is 3. The number of halogens is 1. The number of hydrogen-bond donors (Lipinski definition) is 1. The molecule has 1 aliphatic rings. The molecule has 0 saturated carbocycles. The molecule has 2 N–H and O–H groups in total. The normalized spacial score (nSPS) is 18.2. The molecular formula is C12H16ClN3O. The fraction of sp³-hybridized carbons (Fsp3) is 0.500. The van der Waals surface area contributed by atoms with Gasteiger partial charge >= 0.3 is 0 Å². The van der Waals surface area contributed by atoms with E-state index in [1.165, 1.54) is 0 Å². The molecule has 92 valence electrons. The molecule has 1 fully saturated rings. The summed E-state index contributed by atoms with van der Waals surface area (Å²) in [5.41, 5.74) is 6.27. The summed E-state index contributed by atoms with van der Waals surface area (Å²) in [5, 5.41) is 0.710. The lowest BCUT2D eigenvalue weighted by atomic mass is 9.96. The van der Waals surface area contributed by atoms with E-state index in [0.717, 1.165) is 38.2 Å². The summed E-state index contributed by atoms with van der Waals surface area (Å²) in [6.45, 7) is 2.57. The van der Waals surface area contributed by atoms with Crippen molar-refractivity contribution in [1.29, 1.82) is 0 Å². The van der Waals surface area contributed by atoms with E-state index in [9.17, 15) is 4.79 Å². The van der Waals surface area contributed by atoms with E-state index in [-0.39, 0.29) is 11.8 Å². The van der Waals surface area contributed by atoms with Gasteiger partial charge in [0.05, 0.1) is 5.69 Å². The van der Waals surface area contributed by atoms with Gasteiger partial charge in [-0.3, -0.25) is 14.7 Å². The molecule has 0 bridgehead atoms. The zero-order chi connectivity index (χ0) is 12.3. The van der Waals surface area contributed by atoms with Crippen LogP contribution in [0.3, 0.4) is 0 Å². The molecule has 17 heavy (non-hydrogen) atoms. The molecule has 1 aromatic heterocycles. The standard InChI is InChI=1S/C12H16ClN3O/c13-10-1-4-15-11(7-10)8-16-5-2-9(3-6-16)12(14)17/h1,4,7,9H,2-3,5-6,8H2,(H2,14,17). The molecule has 4 nitrogen and oxygen atoms in total. The summed E-state index contributed by atoms with van der Waals surface area (Å²) >= 11 is 5.91. The van der Waals surface area contributed by atoms with E-state index in [2.05, 4.69) is 9.88 Å². The molecule has 1 aliphatic heterocycles. The SMILES string of the molecule is NC(=O)C1CCN(Cc2cc(Cl)ccn2)CC1. The predicted octanol–water partition coefficient (Wildman–Crippen LogP) is 1.43. The van der Waals surface area contributed by atoms with Gasteiger partial charge in [0.15, 0.2) is 0 Å². The zero-order valence-electron chi connectivity index (χ0n) is 9.60. The number of nitrogens with two attached hydrogens (primary N) is 1. The summed E-state index contributed by atoms with van der Waals surface area (Å²) in [6, 6.07) is 3.64. The molecule has 2 rings (SSSR count). The van der Waals surface area contributed by atoms with Crippen LogP contribution in [-0.4, -0.2) is 28.9 Å². The minimum Gasteiger partial charge on any atom is -0.369 e. The van der Waals surface area contributed by atoms with E-state index in [1.807, 2.05) is 6.07 Å². The number of hydrogen-bond acceptors (Lipinski definition) is 3. The molecule has 0 unspecified atom stereocenters. The van der Waals surface area contributed by atoms with Crippen molar-refractivity contribution in [2.75, 3.05) is 13.1 Å². The molecule has 0 radical (unpaired) electrons. The van der Waals surface area contributed by atoms with Gasteiger partial charge in [-0.05, 0) is 38.1 Å². The highest BCUT2D eigenvalue weighted by atomic mass is 35.5. The number of primary amides is 1. The summed E-state index contributed by atoms with van der Waals surface area (Å²) < 4.78 is 0. The second-order valence-electron chi connectivity index (χ2n) is 4.42. The van der Waals surface area contributed by atoms with Gasteiger partial charge in [0.1, 0.15) is 0 Å². The van der Waals surface area contributed by atoms with Crippen LogP contribution in [0.15, 0.2) is 18.3 Å². The van der Waals surface area contributed by atoms with Crippen molar-refractivity contribution < 1.29 is 4.79 Å². The number of aromatic nitrogens is 1. The Kier molecular flexibility index (Phi) is 3.97. The van der Waals surface area contributed by atoms with Crippen molar-refractivity contribution in [2.45, 2.75) is 19.4 Å². The quantitative estimate of drug-likeness (QED) is 0.887. The lowest BCUT2D eigenvalue weighted by Gasteiger charge is -2.30. The Balaban J connectivity index is 1.88. The Morgan fingerprint density at radius 1 is 1.53 bits per heavy atom. The van der Waals surface area contributed by atoms with E-state index in [0.29, 0.717) is 5.02 Å². The fourth-order valence-electron chi connectivity index (χ4n) is 2.14. The maximum atomic E-state index is 11.0. The molecule has 2 heterocycles. The number of likely N-dealkylation sites (tertiary alicyclic amines) is 1. The number of amides is 1. The maximum absolute atomic E-state index is 11.0. The molecule has 0 aliphatic carbocycles. The van der Waals surface area contributed by atoms with Crippen molar-refractivity contribution in [3.8, 4) is 0 Å². The van der Waals surface area contributed by atoms with E-state index in [1.54, 1.807) is 12.3 Å². The minimum atomic E-state index is -0.175. The van der Waals surface area contributed by atoms with Gasteiger partial charge in [0, 0.05) is 23.7 Å². The molecular weight excluding hydrogens is 238 g/mol. The van der Waals surface area contributed by atoms with Crippen LogP contribution in [0.2, 0.25) is 5.02 Å². The molecule has 0 spiro atoms. The van der Waals surface area contributed by atoms with E-state index >= 15 is 0 Å². The monoisotopic (exact) mass is 253 g/mol. The summed E-state index contributed by atoms with van der Waals surface area (Å²) in [4.78, 5) is 17.6. The highest BCUT2D eigenvalue weighted by Gasteiger charge is 2.23. The van der Waals surface area contributed by atoms with Crippen molar-refractivity contribution in [3.05, 3.63) is 29.0 Å². The van der Waals surface area contributed by atoms with Gasteiger partial charge in [-0.1, -0.05) is 11.6 Å². The van der Waals surface area contributed by atoms with Crippen LogP contribution in [0.5, 0.6) is 0 Å². The van der Waals surface area contributed by atoms with Gasteiger partial charge in [-0.2, -0.15) is 0 Å². The van der Waals surface area contributed by atoms with Crippen LogP contribution in [0.4, 0.5) is 0 Å². The van der Waals surface area contributed by atoms with Gasteiger partial charge in [0.25, 0.3) is 0 Å². The molecule has 0 aromatic carbocycles. The molecule has 5 heteroatoms. The van der Waals surface area contributed by atoms with Crippen LogP contribution in [0.25, 0.3) is 0 Å². The summed E-state index contributed by atoms with van der Waals surface area (Å²) in [7, 11) is 0. The number of pyridine rings is 1. The molecule has 1 amide bonds. The lowest BCUT2D eigenvalue weighted by molar-refractivity contribution is -0.123. The highest BCUT2D eigenvalue weighted by molar-refractivity contribution is 6.30. The third-order valence-corrected chi connectivity index (χ3v) is 3.39. The van der Waals surface area contributed by atoms with Gasteiger partial charge < -0.3 is 5.73 Å². The van der Waals surface area contributed by atoms with Crippen LogP contribution >= 0.6 is 11.6 Å². The van der Waals surface area contributed by atoms with Gasteiger partial charge in [-0.25, -0.2) is 0 Å². The second kappa shape index (κ2) is 5.47. The Bertz CT molecular complexity index is 402. The first-order valence-electron chi connectivity index (χ1n) is 5.77. The smallest absolute Gasteiger partial charge is 0.220 e. The van der Waals surface area contributed by atoms with Gasteiger partial charge in [-0.15, -0.1) is 0 Å². The summed E-state index contributed by atoms with van der Waals surface area (Å²) in [5.74, 6) is -0.135. The number of carbonyl (C=O) groups excluding carboxylic acids is 1. The predicted molar refractivity (Wildman–Crippen MR) is 66.4 cm³/mol. The first-order chi connectivity index (χ1) is 8.15. The van der Waals surface area contributed by atoms with Crippen LogP contribution in [0, 0.1) is 5.92 Å². The van der Waals surface area contributed by atoms with E-state index < -0.39 is 0 Å². The maximum Gasteiger partial charge on any atom is 0.220 e. The second-order valence-corrected chi connectivity index (χ2v) is 4.85. The topological polar surface area (TPSA) is 59.2 Å². The van der Waals surface area contributed by atoms with Crippen molar-refractivity contribution in [1.82, 2.24) is 9.88 Å². The van der Waals surface area contributed by atoms with Crippen LogP contribution in [0.1, 0.15) is 18.5 Å². The Morgan fingerprint density at radius 3 is 2.82 bits per heavy atom. The Labute approximate surface area is 106 Å². The first kappa shape index (κ1) is 12.3. The average molecular weight is 254 g/mol. The average Bonchev–Trinajstić information content (AvgIpc) is 2.29. The van der Waals surface area contributed by atoms with E-state index in [4.69, 9.17) is 17.3 Å². The molecule has 0 atom stereocenters. The van der Waals surface area contributed by atoms with Crippen LogP contribution < -0.4 is 5.73 Å². The fourth-order valence-corrected chi connectivity index (χ4v) is 2.32. The lowest BCUT2D eigenvalue weighted by Crippen LogP contribution is -2.38. The first-order valence-corrected chi connectivity index (χ1v) is 6.15. The minimum absolute atomic E-state index is 0.0403. The number of piperidine rings is 1. The Morgan fingerprint density at radius 2 is 2.24 bits per heavy atom. The van der Waals surface area contributed by atoms with Crippen molar-refractivity contribution in [2.24, 2.45) is 11.7 Å². The van der Waals surface area contributed by atoms with Gasteiger partial charge in [0.2, 0.25) is 5.91 Å². The highest BCUT2D eigenvalue weighted by Crippen LogP contribution is 2.18. The largest absolute Gasteiger partial charge is 0.369 e. The third-order valence-electron chi connectivity index (χ3n) is 3.15. The Hall–Kier alpha value is -1.13. The summed E-state index contributed by atoms with van der Waals surface area (Å²) in [6.07, 6.45) is 3.40. The van der Waals surface area contributed by atoms with Crippen LogP contribution in [-0.2, 0) is 11.3 Å². The number of nitrogens with zero attached hydrogens (tertiary/aromatic N) is 2. The van der Waals surface area contributed by atoms with Crippen molar-refractivity contribution in [3.63, 3.8) is 0 Å². The van der Waals surface area contributed by atoms with Crippen molar-refractivity contribution >= 4 is 17.5 Å².